The van der Waals surface area contributed by atoms with Crippen LogP contribution in [0.2, 0.25) is 0 Å². The molecular formula is C22H18N4OS. The fraction of sp³-hybridized carbons (Fsp3) is 0.136. The highest BCUT2D eigenvalue weighted by molar-refractivity contribution is 7.15. The summed E-state index contributed by atoms with van der Waals surface area (Å²) in [4.78, 5) is 16.0. The van der Waals surface area contributed by atoms with Gasteiger partial charge in [-0.1, -0.05) is 42.5 Å². The van der Waals surface area contributed by atoms with Gasteiger partial charge in [0, 0.05) is 16.8 Å². The molecule has 2 aromatic carbocycles. The minimum atomic E-state index is -0.780. The number of thiophene rings is 1. The van der Waals surface area contributed by atoms with Gasteiger partial charge in [0.05, 0.1) is 18.1 Å². The highest BCUT2D eigenvalue weighted by Crippen LogP contribution is 2.42. The Labute approximate surface area is 167 Å². The van der Waals surface area contributed by atoms with E-state index in [-0.39, 0.29) is 18.3 Å². The average molecular weight is 386 g/mol. The van der Waals surface area contributed by atoms with Crippen LogP contribution in [0.15, 0.2) is 66.7 Å². The largest absolute Gasteiger partial charge is 0.341 e. The number of rotatable bonds is 3. The number of amides is 1. The summed E-state index contributed by atoms with van der Waals surface area (Å²) in [5.74, 6) is -0.0180. The van der Waals surface area contributed by atoms with Crippen molar-refractivity contribution in [1.29, 1.82) is 10.7 Å². The Balaban J connectivity index is 1.83. The van der Waals surface area contributed by atoms with Crippen molar-refractivity contribution in [2.45, 2.75) is 12.0 Å². The number of hydrogen-bond acceptors (Lipinski definition) is 4. The molecule has 1 fully saturated rings. The van der Waals surface area contributed by atoms with Crippen LogP contribution < -0.4 is 5.32 Å². The molecule has 1 unspecified atom stereocenters. The molecule has 0 saturated carbocycles. The molecule has 3 aromatic rings. The van der Waals surface area contributed by atoms with Gasteiger partial charge in [-0.3, -0.25) is 15.1 Å². The van der Waals surface area contributed by atoms with E-state index in [1.807, 2.05) is 60.7 Å². The van der Waals surface area contributed by atoms with E-state index >= 15 is 0 Å². The second-order valence-corrected chi connectivity index (χ2v) is 7.81. The molecule has 6 heteroatoms. The third kappa shape index (κ3) is 2.96. The predicted molar refractivity (Wildman–Crippen MR) is 110 cm³/mol. The number of nitrogens with one attached hydrogen (secondary N) is 2. The van der Waals surface area contributed by atoms with Crippen molar-refractivity contribution in [1.82, 2.24) is 10.2 Å². The minimum absolute atomic E-state index is 0.0848. The smallest absolute Gasteiger partial charge is 0.232 e. The van der Waals surface area contributed by atoms with Crippen LogP contribution in [0.1, 0.15) is 22.4 Å². The number of carbonyl (C=O) groups excluding carboxylic acids is 1. The maximum absolute atomic E-state index is 12.6. The minimum Gasteiger partial charge on any atom is -0.341 e. The molecule has 1 aliphatic heterocycles. The monoisotopic (exact) mass is 386 g/mol. The Morgan fingerprint density at radius 1 is 1.14 bits per heavy atom. The first-order valence-corrected chi connectivity index (χ1v) is 9.65. The SMILES string of the molecule is CN1C(=N)NC(c2ccccc2)(c2ccc(-c3cccc(C#N)c3)s2)CC1=O. The van der Waals surface area contributed by atoms with Crippen molar-refractivity contribution >= 4 is 23.2 Å². The van der Waals surface area contributed by atoms with Crippen molar-refractivity contribution in [3.8, 4) is 16.5 Å². The molecule has 0 bridgehead atoms. The summed E-state index contributed by atoms with van der Waals surface area (Å²) in [6, 6.07) is 23.4. The summed E-state index contributed by atoms with van der Waals surface area (Å²) in [7, 11) is 1.61. The van der Waals surface area contributed by atoms with Crippen LogP contribution in [-0.2, 0) is 10.3 Å². The van der Waals surface area contributed by atoms with Gasteiger partial charge >= 0.3 is 0 Å². The predicted octanol–water partition coefficient (Wildman–Crippen LogP) is 3.92. The van der Waals surface area contributed by atoms with Gasteiger partial charge in [0.15, 0.2) is 5.96 Å². The number of nitrogens with zero attached hydrogens (tertiary/aromatic N) is 2. The molecule has 1 aliphatic rings. The fourth-order valence-electron chi connectivity index (χ4n) is 3.45. The van der Waals surface area contributed by atoms with Gasteiger partial charge in [0.1, 0.15) is 5.54 Å². The normalized spacial score (nSPS) is 19.2. The van der Waals surface area contributed by atoms with Crippen molar-refractivity contribution in [3.63, 3.8) is 0 Å². The van der Waals surface area contributed by atoms with Gasteiger partial charge in [-0.25, -0.2) is 0 Å². The molecule has 2 N–H and O–H groups in total. The van der Waals surface area contributed by atoms with Crippen molar-refractivity contribution in [2.75, 3.05) is 7.05 Å². The van der Waals surface area contributed by atoms with Gasteiger partial charge in [-0.05, 0) is 35.4 Å². The Bertz CT molecular complexity index is 1080. The molecule has 4 rings (SSSR count). The molecule has 1 aromatic heterocycles. The van der Waals surface area contributed by atoms with Crippen molar-refractivity contribution in [2.24, 2.45) is 0 Å². The quantitative estimate of drug-likeness (QED) is 0.716. The van der Waals surface area contributed by atoms with E-state index in [0.29, 0.717) is 5.56 Å². The molecule has 1 amide bonds. The van der Waals surface area contributed by atoms with Crippen molar-refractivity contribution < 1.29 is 4.79 Å². The lowest BCUT2D eigenvalue weighted by Crippen LogP contribution is -2.59. The first-order chi connectivity index (χ1) is 13.5. The number of carbonyl (C=O) groups is 1. The lowest BCUT2D eigenvalue weighted by atomic mass is 9.83. The number of benzene rings is 2. The molecule has 1 atom stereocenters. The topological polar surface area (TPSA) is 80.0 Å². The first kappa shape index (κ1) is 18.0. The van der Waals surface area contributed by atoms with E-state index in [0.717, 1.165) is 20.9 Å². The van der Waals surface area contributed by atoms with Crippen LogP contribution in [0.25, 0.3) is 10.4 Å². The van der Waals surface area contributed by atoms with E-state index in [2.05, 4.69) is 11.4 Å². The lowest BCUT2D eigenvalue weighted by Gasteiger charge is -2.41. The van der Waals surface area contributed by atoms with E-state index < -0.39 is 5.54 Å². The Morgan fingerprint density at radius 3 is 2.64 bits per heavy atom. The third-order valence-electron chi connectivity index (χ3n) is 5.03. The van der Waals surface area contributed by atoms with Gasteiger partial charge in [-0.15, -0.1) is 11.3 Å². The molecule has 2 heterocycles. The molecule has 5 nitrogen and oxygen atoms in total. The van der Waals surface area contributed by atoms with Crippen LogP contribution in [0, 0.1) is 16.7 Å². The number of nitriles is 1. The molecular weight excluding hydrogens is 368 g/mol. The molecule has 1 saturated heterocycles. The van der Waals surface area contributed by atoms with Crippen LogP contribution in [0.5, 0.6) is 0 Å². The van der Waals surface area contributed by atoms with E-state index in [1.165, 1.54) is 4.90 Å². The van der Waals surface area contributed by atoms with Crippen LogP contribution in [-0.4, -0.2) is 23.8 Å². The van der Waals surface area contributed by atoms with Gasteiger partial charge in [-0.2, -0.15) is 5.26 Å². The second kappa shape index (κ2) is 6.95. The molecule has 0 spiro atoms. The molecule has 0 radical (unpaired) electrons. The Hall–Kier alpha value is -3.43. The maximum atomic E-state index is 12.6. The summed E-state index contributed by atoms with van der Waals surface area (Å²) >= 11 is 1.57. The zero-order valence-corrected chi connectivity index (χ0v) is 16.1. The van der Waals surface area contributed by atoms with E-state index in [4.69, 9.17) is 10.7 Å². The standard InChI is InChI=1S/C22H18N4OS/c1-26-20(27)13-22(25-21(26)24,17-8-3-2-4-9-17)19-11-10-18(28-19)16-7-5-6-15(12-16)14-23/h2-12H,13H2,1H3,(H2,24,25). The van der Waals surface area contributed by atoms with Crippen LogP contribution in [0.3, 0.4) is 0 Å². The summed E-state index contributed by atoms with van der Waals surface area (Å²) < 4.78 is 0. The number of guanidine groups is 1. The molecule has 0 aliphatic carbocycles. The highest BCUT2D eigenvalue weighted by Gasteiger charge is 2.44. The maximum Gasteiger partial charge on any atom is 0.232 e. The summed E-state index contributed by atoms with van der Waals surface area (Å²) in [5.41, 5.74) is 1.74. The number of hydrogen-bond donors (Lipinski definition) is 2. The third-order valence-corrected chi connectivity index (χ3v) is 6.32. The summed E-state index contributed by atoms with van der Waals surface area (Å²) in [5, 5.41) is 20.7. The fourth-order valence-corrected chi connectivity index (χ4v) is 4.62. The van der Waals surface area contributed by atoms with Crippen LogP contribution >= 0.6 is 11.3 Å². The van der Waals surface area contributed by atoms with Gasteiger partial charge in [0.25, 0.3) is 0 Å². The van der Waals surface area contributed by atoms with Gasteiger partial charge < -0.3 is 5.32 Å². The zero-order chi connectivity index (χ0) is 19.7. The van der Waals surface area contributed by atoms with Crippen molar-refractivity contribution in [3.05, 3.63) is 82.7 Å². The second-order valence-electron chi connectivity index (χ2n) is 6.73. The Morgan fingerprint density at radius 2 is 1.93 bits per heavy atom. The lowest BCUT2D eigenvalue weighted by molar-refractivity contribution is -0.129. The van der Waals surface area contributed by atoms with E-state index in [9.17, 15) is 4.79 Å². The average Bonchev–Trinajstić information content (AvgIpc) is 3.23. The summed E-state index contributed by atoms with van der Waals surface area (Å²) in [6.07, 6.45) is 0.230. The zero-order valence-electron chi connectivity index (χ0n) is 15.3. The van der Waals surface area contributed by atoms with Crippen LogP contribution in [0.4, 0.5) is 0 Å². The summed E-state index contributed by atoms with van der Waals surface area (Å²) in [6.45, 7) is 0. The van der Waals surface area contributed by atoms with E-state index in [1.54, 1.807) is 24.5 Å². The molecule has 138 valence electrons. The first-order valence-electron chi connectivity index (χ1n) is 8.83. The Kier molecular flexibility index (Phi) is 4.46. The molecule has 28 heavy (non-hydrogen) atoms. The highest BCUT2D eigenvalue weighted by atomic mass is 32.1. The van der Waals surface area contributed by atoms with Gasteiger partial charge in [0.2, 0.25) is 5.91 Å².